The second-order valence-corrected chi connectivity index (χ2v) is 4.91. The van der Waals surface area contributed by atoms with Gasteiger partial charge in [0.05, 0.1) is 0 Å². The summed E-state index contributed by atoms with van der Waals surface area (Å²) < 4.78 is 1.64. The summed E-state index contributed by atoms with van der Waals surface area (Å²) in [6, 6.07) is 20.5. The van der Waals surface area contributed by atoms with Crippen molar-refractivity contribution in [1.29, 1.82) is 0 Å². The lowest BCUT2D eigenvalue weighted by Crippen LogP contribution is -2.16. The van der Waals surface area contributed by atoms with Crippen LogP contribution in [-0.4, -0.2) is 4.57 Å². The average molecular weight is 282 g/mol. The normalized spacial score (nSPS) is 10.4. The van der Waals surface area contributed by atoms with Gasteiger partial charge in [0.1, 0.15) is 0 Å². The number of hydrogen-bond donors (Lipinski definition) is 0. The monoisotopic (exact) mass is 281 g/mol. The predicted octanol–water partition coefficient (Wildman–Crippen LogP) is 4.16. The zero-order chi connectivity index (χ0) is 13.9. The van der Waals surface area contributed by atoms with Crippen molar-refractivity contribution in [3.05, 3.63) is 88.3 Å². The molecule has 0 atom stereocenters. The molecule has 0 radical (unpaired) electrons. The lowest BCUT2D eigenvalue weighted by Gasteiger charge is -2.08. The molecule has 2 nitrogen and oxygen atoms in total. The molecule has 0 aliphatic heterocycles. The Morgan fingerprint density at radius 3 is 2.35 bits per heavy atom. The molecule has 0 saturated heterocycles. The minimum Gasteiger partial charge on any atom is -0.284 e. The maximum Gasteiger partial charge on any atom is 0.255 e. The molecule has 0 spiro atoms. The first-order valence-electron chi connectivity index (χ1n) is 6.28. The average Bonchev–Trinajstić information content (AvgIpc) is 2.48. The smallest absolute Gasteiger partial charge is 0.255 e. The van der Waals surface area contributed by atoms with Gasteiger partial charge in [-0.05, 0) is 41.5 Å². The highest BCUT2D eigenvalue weighted by Gasteiger charge is 2.03. The molecule has 3 rings (SSSR count). The minimum absolute atomic E-state index is 0.0537. The van der Waals surface area contributed by atoms with Crippen LogP contribution in [0.4, 0.5) is 0 Å². The van der Waals surface area contributed by atoms with Crippen LogP contribution in [-0.2, 0) is 0 Å². The molecule has 0 unspecified atom stereocenters. The molecule has 0 amide bonds. The third kappa shape index (κ3) is 2.51. The quantitative estimate of drug-likeness (QED) is 0.691. The maximum absolute atomic E-state index is 12.0. The Labute approximate surface area is 121 Å². The number of pyridine rings is 1. The van der Waals surface area contributed by atoms with Crippen LogP contribution in [0.15, 0.2) is 77.7 Å². The van der Waals surface area contributed by atoms with E-state index in [1.54, 1.807) is 10.6 Å². The molecule has 0 aliphatic carbocycles. The molecule has 20 heavy (non-hydrogen) atoms. The Hall–Kier alpha value is -2.32. The summed E-state index contributed by atoms with van der Waals surface area (Å²) >= 11 is 6.01. The van der Waals surface area contributed by atoms with Gasteiger partial charge in [-0.1, -0.05) is 41.9 Å². The Bertz CT molecular complexity index is 793. The summed E-state index contributed by atoms with van der Waals surface area (Å²) in [6.45, 7) is 0. The maximum atomic E-state index is 12.0. The second-order valence-electron chi connectivity index (χ2n) is 4.47. The summed E-state index contributed by atoms with van der Waals surface area (Å²) in [4.78, 5) is 12.0. The van der Waals surface area contributed by atoms with E-state index in [2.05, 4.69) is 0 Å². The molecule has 0 aliphatic rings. The van der Waals surface area contributed by atoms with Gasteiger partial charge < -0.3 is 0 Å². The number of nitrogens with zero attached hydrogens (tertiary/aromatic N) is 1. The molecular weight excluding hydrogens is 270 g/mol. The molecule has 3 heteroatoms. The minimum atomic E-state index is -0.0537. The van der Waals surface area contributed by atoms with Crippen LogP contribution < -0.4 is 5.56 Å². The summed E-state index contributed by atoms with van der Waals surface area (Å²) in [5.74, 6) is 0. The first-order valence-corrected chi connectivity index (χ1v) is 6.66. The Balaban J connectivity index is 2.14. The van der Waals surface area contributed by atoms with Gasteiger partial charge in [0, 0.05) is 23.0 Å². The molecule has 1 heterocycles. The Morgan fingerprint density at radius 1 is 0.800 bits per heavy atom. The largest absolute Gasteiger partial charge is 0.284 e. The van der Waals surface area contributed by atoms with Crippen LogP contribution in [0.5, 0.6) is 0 Å². The van der Waals surface area contributed by atoms with Crippen molar-refractivity contribution >= 4 is 11.6 Å². The number of rotatable bonds is 2. The number of halogens is 1. The molecule has 98 valence electrons. The van der Waals surface area contributed by atoms with Crippen molar-refractivity contribution in [3.63, 3.8) is 0 Å². The van der Waals surface area contributed by atoms with Crippen molar-refractivity contribution in [2.24, 2.45) is 0 Å². The van der Waals surface area contributed by atoms with Gasteiger partial charge in [-0.2, -0.15) is 0 Å². The Kier molecular flexibility index (Phi) is 3.40. The Morgan fingerprint density at radius 2 is 1.60 bits per heavy atom. The van der Waals surface area contributed by atoms with Crippen molar-refractivity contribution in [3.8, 4) is 16.8 Å². The van der Waals surface area contributed by atoms with Gasteiger partial charge >= 0.3 is 0 Å². The molecule has 1 aromatic heterocycles. The molecule has 0 bridgehead atoms. The summed E-state index contributed by atoms with van der Waals surface area (Å²) in [6.07, 6.45) is 1.84. The summed E-state index contributed by atoms with van der Waals surface area (Å²) in [5, 5.41) is 0.681. The molecule has 3 aromatic rings. The highest BCUT2D eigenvalue weighted by molar-refractivity contribution is 6.30. The third-order valence-electron chi connectivity index (χ3n) is 3.10. The topological polar surface area (TPSA) is 22.0 Å². The number of aromatic nitrogens is 1. The highest BCUT2D eigenvalue weighted by Crippen LogP contribution is 2.22. The van der Waals surface area contributed by atoms with Crippen LogP contribution >= 0.6 is 11.6 Å². The van der Waals surface area contributed by atoms with E-state index in [-0.39, 0.29) is 5.56 Å². The van der Waals surface area contributed by atoms with Gasteiger partial charge in [0.25, 0.3) is 5.56 Å². The summed E-state index contributed by atoms with van der Waals surface area (Å²) in [7, 11) is 0. The van der Waals surface area contributed by atoms with Crippen LogP contribution in [0.25, 0.3) is 16.8 Å². The number of hydrogen-bond acceptors (Lipinski definition) is 1. The van der Waals surface area contributed by atoms with E-state index in [1.165, 1.54) is 0 Å². The van der Waals surface area contributed by atoms with E-state index in [0.717, 1.165) is 16.8 Å². The first kappa shape index (κ1) is 12.7. The van der Waals surface area contributed by atoms with E-state index >= 15 is 0 Å². The predicted molar refractivity (Wildman–Crippen MR) is 82.5 cm³/mol. The molecule has 0 N–H and O–H groups in total. The van der Waals surface area contributed by atoms with Gasteiger partial charge in [-0.3, -0.25) is 9.36 Å². The van der Waals surface area contributed by atoms with Crippen molar-refractivity contribution in [2.45, 2.75) is 0 Å². The zero-order valence-electron chi connectivity index (χ0n) is 10.7. The summed E-state index contributed by atoms with van der Waals surface area (Å²) in [5.41, 5.74) is 2.74. The fraction of sp³-hybridized carbons (Fsp3) is 0. The van der Waals surface area contributed by atoms with Gasteiger partial charge in [0.15, 0.2) is 0 Å². The lowest BCUT2D eigenvalue weighted by atomic mass is 10.1. The second kappa shape index (κ2) is 5.35. The van der Waals surface area contributed by atoms with Crippen LogP contribution in [0.3, 0.4) is 0 Å². The van der Waals surface area contributed by atoms with Crippen LogP contribution in [0.2, 0.25) is 5.02 Å². The zero-order valence-corrected chi connectivity index (χ0v) is 11.4. The van der Waals surface area contributed by atoms with Crippen molar-refractivity contribution < 1.29 is 0 Å². The standard InChI is InChI=1S/C17H12ClNO/c18-15-6-4-5-13(11-15)14-9-10-17(20)19(12-14)16-7-2-1-3-8-16/h1-12H. The number of para-hydroxylation sites is 1. The third-order valence-corrected chi connectivity index (χ3v) is 3.34. The van der Waals surface area contributed by atoms with E-state index in [4.69, 9.17) is 11.6 Å². The lowest BCUT2D eigenvalue weighted by molar-refractivity contribution is 0.993. The first-order chi connectivity index (χ1) is 9.74. The van der Waals surface area contributed by atoms with Gasteiger partial charge in [0.2, 0.25) is 0 Å². The fourth-order valence-electron chi connectivity index (χ4n) is 2.12. The molecule has 0 saturated carbocycles. The number of benzene rings is 2. The highest BCUT2D eigenvalue weighted by atomic mass is 35.5. The van der Waals surface area contributed by atoms with Gasteiger partial charge in [-0.25, -0.2) is 0 Å². The SMILES string of the molecule is O=c1ccc(-c2cccc(Cl)c2)cn1-c1ccccc1. The van der Waals surface area contributed by atoms with Crippen molar-refractivity contribution in [2.75, 3.05) is 0 Å². The fourth-order valence-corrected chi connectivity index (χ4v) is 2.31. The van der Waals surface area contributed by atoms with Crippen LogP contribution in [0.1, 0.15) is 0 Å². The van der Waals surface area contributed by atoms with E-state index in [0.29, 0.717) is 5.02 Å². The molecular formula is C17H12ClNO. The molecule has 2 aromatic carbocycles. The van der Waals surface area contributed by atoms with Crippen LogP contribution in [0, 0.1) is 0 Å². The van der Waals surface area contributed by atoms with Gasteiger partial charge in [-0.15, -0.1) is 0 Å². The van der Waals surface area contributed by atoms with Crippen molar-refractivity contribution in [1.82, 2.24) is 4.57 Å². The van der Waals surface area contributed by atoms with E-state index in [9.17, 15) is 4.79 Å². The van der Waals surface area contributed by atoms with E-state index < -0.39 is 0 Å². The van der Waals surface area contributed by atoms with E-state index in [1.807, 2.05) is 66.9 Å². The molecule has 0 fully saturated rings.